The van der Waals surface area contributed by atoms with Gasteiger partial charge < -0.3 is 0 Å². The number of hydrazone groups is 1. The van der Waals surface area contributed by atoms with Crippen molar-refractivity contribution in [2.75, 3.05) is 5.75 Å². The van der Waals surface area contributed by atoms with Crippen molar-refractivity contribution in [1.29, 1.82) is 0 Å². The van der Waals surface area contributed by atoms with Crippen molar-refractivity contribution in [3.63, 3.8) is 0 Å². The van der Waals surface area contributed by atoms with Gasteiger partial charge in [-0.3, -0.25) is 14.2 Å². The molecule has 126 valence electrons. The fourth-order valence-corrected chi connectivity index (χ4v) is 2.53. The van der Waals surface area contributed by atoms with E-state index in [1.54, 1.807) is 0 Å². The number of aromatic nitrogens is 3. The highest BCUT2D eigenvalue weighted by Crippen LogP contribution is 2.08. The smallest absolute Gasteiger partial charge is 0.272 e. The van der Waals surface area contributed by atoms with E-state index < -0.39 is 11.2 Å². The zero-order chi connectivity index (χ0) is 17.7. The van der Waals surface area contributed by atoms with Crippen LogP contribution in [-0.2, 0) is 18.9 Å². The predicted molar refractivity (Wildman–Crippen MR) is 92.4 cm³/mol. The zero-order valence-corrected chi connectivity index (χ0v) is 14.3. The van der Waals surface area contributed by atoms with Crippen molar-refractivity contribution in [2.45, 2.75) is 11.9 Å². The van der Waals surface area contributed by atoms with E-state index >= 15 is 0 Å². The monoisotopic (exact) mass is 347 g/mol. The number of carbonyl (C=O) groups is 1. The second-order valence-electron chi connectivity index (χ2n) is 5.07. The summed E-state index contributed by atoms with van der Waals surface area (Å²) in [7, 11) is 2.81. The molecule has 2 rings (SSSR count). The van der Waals surface area contributed by atoms with Crippen molar-refractivity contribution in [3.8, 4) is 0 Å². The lowest BCUT2D eigenvalue weighted by Crippen LogP contribution is -2.39. The Morgan fingerprint density at radius 1 is 1.29 bits per heavy atom. The van der Waals surface area contributed by atoms with Crippen LogP contribution in [0.1, 0.15) is 11.1 Å². The highest BCUT2D eigenvalue weighted by molar-refractivity contribution is 7.99. The molecule has 1 amide bonds. The number of amides is 1. The number of hydrogen-bond donors (Lipinski definition) is 1. The van der Waals surface area contributed by atoms with Gasteiger partial charge in [0.05, 0.1) is 12.0 Å². The SMILES string of the molecule is Cc1ccc(/C=N\NC(=O)CSc2nn(C)c(=O)n(C)c2=O)cc1. The summed E-state index contributed by atoms with van der Waals surface area (Å²) in [5.41, 5.74) is 3.34. The topological polar surface area (TPSA) is 98.3 Å². The highest BCUT2D eigenvalue weighted by atomic mass is 32.2. The van der Waals surface area contributed by atoms with E-state index in [0.29, 0.717) is 0 Å². The quantitative estimate of drug-likeness (QED) is 0.467. The number of hydrogen-bond acceptors (Lipinski definition) is 6. The van der Waals surface area contributed by atoms with E-state index in [2.05, 4.69) is 15.6 Å². The van der Waals surface area contributed by atoms with Crippen molar-refractivity contribution < 1.29 is 4.79 Å². The molecule has 0 saturated heterocycles. The first-order valence-electron chi connectivity index (χ1n) is 7.04. The summed E-state index contributed by atoms with van der Waals surface area (Å²) < 4.78 is 2.00. The molecule has 24 heavy (non-hydrogen) atoms. The van der Waals surface area contributed by atoms with Crippen LogP contribution in [0.4, 0.5) is 0 Å². The average molecular weight is 347 g/mol. The lowest BCUT2D eigenvalue weighted by molar-refractivity contribution is -0.118. The van der Waals surface area contributed by atoms with Crippen LogP contribution in [0.5, 0.6) is 0 Å². The number of thioether (sulfide) groups is 1. The molecule has 8 nitrogen and oxygen atoms in total. The minimum absolute atomic E-state index is 0.0360. The van der Waals surface area contributed by atoms with E-state index in [-0.39, 0.29) is 16.7 Å². The first-order chi connectivity index (χ1) is 11.4. The summed E-state index contributed by atoms with van der Waals surface area (Å²) in [5, 5.41) is 7.80. The third-order valence-electron chi connectivity index (χ3n) is 3.11. The molecule has 0 atom stereocenters. The zero-order valence-electron chi connectivity index (χ0n) is 13.5. The molecule has 0 aliphatic heterocycles. The van der Waals surface area contributed by atoms with Crippen LogP contribution in [0.2, 0.25) is 0 Å². The standard InChI is InChI=1S/C15H17N5O3S/c1-10-4-6-11(7-5-10)8-16-17-12(21)9-24-13-14(22)19(2)15(23)20(3)18-13/h4-8H,9H2,1-3H3,(H,17,21)/b16-8-. The maximum absolute atomic E-state index is 11.9. The minimum atomic E-state index is -0.529. The molecule has 1 N–H and O–H groups in total. The highest BCUT2D eigenvalue weighted by Gasteiger charge is 2.11. The third kappa shape index (κ3) is 4.42. The van der Waals surface area contributed by atoms with Gasteiger partial charge in [-0.2, -0.15) is 10.2 Å². The van der Waals surface area contributed by atoms with Gasteiger partial charge in [0.25, 0.3) is 5.56 Å². The van der Waals surface area contributed by atoms with Gasteiger partial charge in [0.15, 0.2) is 5.03 Å². The number of benzene rings is 1. The molecule has 2 aromatic rings. The lowest BCUT2D eigenvalue weighted by Gasteiger charge is -2.04. The summed E-state index contributed by atoms with van der Waals surface area (Å²) in [6.45, 7) is 1.98. The molecule has 0 saturated carbocycles. The van der Waals surface area contributed by atoms with Gasteiger partial charge in [0.2, 0.25) is 5.91 Å². The van der Waals surface area contributed by atoms with Crippen molar-refractivity contribution in [2.24, 2.45) is 19.2 Å². The van der Waals surface area contributed by atoms with Crippen molar-refractivity contribution in [1.82, 2.24) is 19.8 Å². The second kappa shape index (κ2) is 7.73. The molecule has 0 radical (unpaired) electrons. The third-order valence-corrected chi connectivity index (χ3v) is 4.05. The Kier molecular flexibility index (Phi) is 5.69. The molecule has 1 heterocycles. The van der Waals surface area contributed by atoms with E-state index in [1.807, 2.05) is 31.2 Å². The number of aryl methyl sites for hydroxylation is 2. The summed E-state index contributed by atoms with van der Waals surface area (Å²) >= 11 is 0.950. The Labute approximate surface area is 142 Å². The number of carbonyl (C=O) groups excluding carboxylic acids is 1. The molecule has 0 spiro atoms. The first kappa shape index (κ1) is 17.7. The first-order valence-corrected chi connectivity index (χ1v) is 8.03. The second-order valence-corrected chi connectivity index (χ2v) is 6.03. The number of rotatable bonds is 5. The Bertz CT molecular complexity index is 883. The van der Waals surface area contributed by atoms with E-state index in [9.17, 15) is 14.4 Å². The van der Waals surface area contributed by atoms with E-state index in [0.717, 1.165) is 32.1 Å². The predicted octanol–water partition coefficient (Wildman–Crippen LogP) is 0.0298. The Balaban J connectivity index is 1.93. The van der Waals surface area contributed by atoms with Gasteiger partial charge in [0, 0.05) is 14.1 Å². The van der Waals surface area contributed by atoms with Crippen molar-refractivity contribution in [3.05, 3.63) is 56.2 Å². The molecular formula is C15H17N5O3S. The Morgan fingerprint density at radius 3 is 2.62 bits per heavy atom. The van der Waals surface area contributed by atoms with Gasteiger partial charge in [-0.05, 0) is 12.5 Å². The van der Waals surface area contributed by atoms with Crippen LogP contribution < -0.4 is 16.7 Å². The molecule has 1 aromatic heterocycles. The molecule has 0 fully saturated rings. The molecule has 0 bridgehead atoms. The maximum atomic E-state index is 11.9. The van der Waals surface area contributed by atoms with Crippen LogP contribution in [0.3, 0.4) is 0 Å². The van der Waals surface area contributed by atoms with Gasteiger partial charge in [-0.15, -0.1) is 0 Å². The summed E-state index contributed by atoms with van der Waals surface area (Å²) in [4.78, 5) is 35.2. The van der Waals surface area contributed by atoms with Crippen LogP contribution in [-0.4, -0.2) is 32.2 Å². The molecule has 0 aliphatic rings. The van der Waals surface area contributed by atoms with E-state index in [4.69, 9.17) is 0 Å². The molecule has 0 aliphatic carbocycles. The number of nitrogens with zero attached hydrogens (tertiary/aromatic N) is 4. The van der Waals surface area contributed by atoms with Gasteiger partial charge in [-0.1, -0.05) is 41.6 Å². The van der Waals surface area contributed by atoms with Crippen LogP contribution in [0.25, 0.3) is 0 Å². The average Bonchev–Trinajstić information content (AvgIpc) is 2.57. The lowest BCUT2D eigenvalue weighted by atomic mass is 10.2. The molecule has 0 unspecified atom stereocenters. The fraction of sp³-hybridized carbons (Fsp3) is 0.267. The summed E-state index contributed by atoms with van der Waals surface area (Å²) in [6, 6.07) is 7.66. The number of nitrogens with one attached hydrogen (secondary N) is 1. The normalized spacial score (nSPS) is 11.0. The Morgan fingerprint density at radius 2 is 1.96 bits per heavy atom. The molecule has 9 heteroatoms. The molecule has 1 aromatic carbocycles. The van der Waals surface area contributed by atoms with Crippen LogP contribution in [0.15, 0.2) is 44.0 Å². The summed E-state index contributed by atoms with van der Waals surface area (Å²) in [5.74, 6) is -0.410. The Hall–Kier alpha value is -2.68. The van der Waals surface area contributed by atoms with Gasteiger partial charge in [0.1, 0.15) is 0 Å². The van der Waals surface area contributed by atoms with Gasteiger partial charge >= 0.3 is 5.69 Å². The maximum Gasteiger partial charge on any atom is 0.346 e. The largest absolute Gasteiger partial charge is 0.346 e. The minimum Gasteiger partial charge on any atom is -0.272 e. The van der Waals surface area contributed by atoms with Crippen LogP contribution in [0, 0.1) is 6.92 Å². The van der Waals surface area contributed by atoms with Crippen molar-refractivity contribution >= 4 is 23.9 Å². The van der Waals surface area contributed by atoms with Gasteiger partial charge in [-0.25, -0.2) is 14.9 Å². The van der Waals surface area contributed by atoms with E-state index in [1.165, 1.54) is 20.3 Å². The molecular weight excluding hydrogens is 330 g/mol. The summed E-state index contributed by atoms with van der Waals surface area (Å²) in [6.07, 6.45) is 1.53. The van der Waals surface area contributed by atoms with Crippen LogP contribution >= 0.6 is 11.8 Å². The fourth-order valence-electron chi connectivity index (χ4n) is 1.76.